The number of halogens is 1. The first kappa shape index (κ1) is 24.1. The van der Waals surface area contributed by atoms with E-state index in [9.17, 15) is 19.2 Å². The molecule has 11 heteroatoms. The van der Waals surface area contributed by atoms with Gasteiger partial charge in [0.1, 0.15) is 13.1 Å². The summed E-state index contributed by atoms with van der Waals surface area (Å²) in [6.45, 7) is 9.47. The first-order valence-electron chi connectivity index (χ1n) is 7.83. The molecule has 150 valence electrons. The van der Waals surface area contributed by atoms with Crippen molar-refractivity contribution in [2.24, 2.45) is 10.8 Å². The third kappa shape index (κ3) is 10.9. The average molecular weight is 395 g/mol. The van der Waals surface area contributed by atoms with Crippen LogP contribution in [0.1, 0.15) is 41.5 Å². The zero-order chi connectivity index (χ0) is 20.5. The van der Waals surface area contributed by atoms with Crippen LogP contribution in [0.2, 0.25) is 0 Å². The number of alkyl halides is 1. The minimum absolute atomic E-state index is 0.317. The van der Waals surface area contributed by atoms with E-state index in [0.29, 0.717) is 0 Å². The van der Waals surface area contributed by atoms with Crippen LogP contribution in [-0.4, -0.2) is 42.6 Å². The van der Waals surface area contributed by atoms with Gasteiger partial charge in [-0.1, -0.05) is 41.5 Å². The number of esters is 2. The third-order valence-electron chi connectivity index (χ3n) is 2.68. The van der Waals surface area contributed by atoms with Crippen molar-refractivity contribution in [3.63, 3.8) is 0 Å². The molecule has 0 saturated heterocycles. The third-order valence-corrected chi connectivity index (χ3v) is 2.86. The number of nitrogens with one attached hydrogen (secondary N) is 4. The number of hydrogen-bond donors (Lipinski definition) is 4. The summed E-state index contributed by atoms with van der Waals surface area (Å²) in [5, 5.41) is 0. The summed E-state index contributed by atoms with van der Waals surface area (Å²) >= 11 is 5.58. The minimum Gasteiger partial charge on any atom is -0.410 e. The molecule has 0 spiro atoms. The van der Waals surface area contributed by atoms with E-state index in [-0.39, 0.29) is 24.9 Å². The highest BCUT2D eigenvalue weighted by Gasteiger charge is 2.22. The Morgan fingerprint density at radius 1 is 0.769 bits per heavy atom. The number of carbonyl (C=O) groups is 4. The standard InChI is InChI=1S/C15H27ClN4O6/c1-14(2,3)11(23)19-17-7-9(21)25-13(16)26-10(22)8-18-20-12(24)15(4,5)6/h13,17-18H,7-8H2,1-6H3,(H,19,23)(H,20,24). The van der Waals surface area contributed by atoms with Crippen molar-refractivity contribution in [2.75, 3.05) is 13.1 Å². The average Bonchev–Trinajstić information content (AvgIpc) is 2.44. The highest BCUT2D eigenvalue weighted by Crippen LogP contribution is 2.12. The SMILES string of the molecule is CC(C)(C)C(=O)NNCC(=O)OC(Cl)OC(=O)CNNC(=O)C(C)(C)C. The Kier molecular flexibility index (Phi) is 9.53. The molecule has 0 aliphatic heterocycles. The molecule has 0 aromatic heterocycles. The zero-order valence-electron chi connectivity index (χ0n) is 15.8. The Hall–Kier alpha value is -1.91. The van der Waals surface area contributed by atoms with Gasteiger partial charge in [-0.05, 0) is 11.6 Å². The molecular formula is C15H27ClN4O6. The molecular weight excluding hydrogens is 368 g/mol. The van der Waals surface area contributed by atoms with E-state index in [1.807, 2.05) is 0 Å². The Morgan fingerprint density at radius 2 is 1.08 bits per heavy atom. The smallest absolute Gasteiger partial charge is 0.326 e. The van der Waals surface area contributed by atoms with Crippen molar-refractivity contribution in [3.05, 3.63) is 0 Å². The maximum Gasteiger partial charge on any atom is 0.326 e. The predicted octanol–water partition coefficient (Wildman–Crippen LogP) is -0.0710. The van der Waals surface area contributed by atoms with Crippen molar-refractivity contribution in [2.45, 2.75) is 47.3 Å². The molecule has 4 N–H and O–H groups in total. The van der Waals surface area contributed by atoms with Crippen LogP contribution < -0.4 is 21.7 Å². The second kappa shape index (κ2) is 10.3. The monoisotopic (exact) mass is 394 g/mol. The van der Waals surface area contributed by atoms with Crippen LogP contribution in [0.5, 0.6) is 0 Å². The van der Waals surface area contributed by atoms with Crippen molar-refractivity contribution < 1.29 is 28.7 Å². The second-order valence-electron chi connectivity index (χ2n) is 7.37. The van der Waals surface area contributed by atoms with Crippen LogP contribution in [0, 0.1) is 10.8 Å². The van der Waals surface area contributed by atoms with E-state index in [1.54, 1.807) is 41.5 Å². The van der Waals surface area contributed by atoms with Crippen LogP contribution >= 0.6 is 11.6 Å². The molecule has 0 aromatic rings. The molecule has 2 amide bonds. The molecule has 0 saturated carbocycles. The molecule has 10 nitrogen and oxygen atoms in total. The van der Waals surface area contributed by atoms with Gasteiger partial charge in [0, 0.05) is 10.8 Å². The molecule has 0 rings (SSSR count). The summed E-state index contributed by atoms with van der Waals surface area (Å²) in [5.41, 5.74) is 8.15. The van der Waals surface area contributed by atoms with E-state index in [2.05, 4.69) is 31.2 Å². The molecule has 0 atom stereocenters. The number of amides is 2. The van der Waals surface area contributed by atoms with Crippen molar-refractivity contribution in [3.8, 4) is 0 Å². The topological polar surface area (TPSA) is 135 Å². The lowest BCUT2D eigenvalue weighted by atomic mass is 9.96. The fourth-order valence-electron chi connectivity index (χ4n) is 1.08. The van der Waals surface area contributed by atoms with E-state index in [0.717, 1.165) is 0 Å². The largest absolute Gasteiger partial charge is 0.410 e. The van der Waals surface area contributed by atoms with Crippen molar-refractivity contribution in [1.29, 1.82) is 0 Å². The lowest BCUT2D eigenvalue weighted by molar-refractivity contribution is -0.172. The molecule has 0 aromatic carbocycles. The fourth-order valence-corrected chi connectivity index (χ4v) is 1.28. The lowest BCUT2D eigenvalue weighted by Crippen LogP contribution is -2.47. The van der Waals surface area contributed by atoms with Crippen LogP contribution in [0.4, 0.5) is 0 Å². The van der Waals surface area contributed by atoms with Gasteiger partial charge in [0.2, 0.25) is 11.8 Å². The summed E-state index contributed by atoms with van der Waals surface area (Å²) < 4.78 is 9.25. The van der Waals surface area contributed by atoms with Crippen molar-refractivity contribution >= 4 is 35.4 Å². The highest BCUT2D eigenvalue weighted by molar-refractivity contribution is 6.19. The van der Waals surface area contributed by atoms with Gasteiger partial charge in [-0.3, -0.25) is 30.0 Å². The van der Waals surface area contributed by atoms with Gasteiger partial charge in [-0.2, -0.15) is 0 Å². The van der Waals surface area contributed by atoms with Crippen LogP contribution in [0.15, 0.2) is 0 Å². The first-order valence-corrected chi connectivity index (χ1v) is 8.27. The highest BCUT2D eigenvalue weighted by atomic mass is 35.5. The predicted molar refractivity (Wildman–Crippen MR) is 93.0 cm³/mol. The summed E-state index contributed by atoms with van der Waals surface area (Å²) in [4.78, 5) is 46.1. The van der Waals surface area contributed by atoms with Crippen LogP contribution in [0.3, 0.4) is 0 Å². The summed E-state index contributed by atoms with van der Waals surface area (Å²) in [6.07, 6.45) is 0. The van der Waals surface area contributed by atoms with Gasteiger partial charge < -0.3 is 9.47 Å². The van der Waals surface area contributed by atoms with Crippen molar-refractivity contribution in [1.82, 2.24) is 21.7 Å². The summed E-state index contributed by atoms with van der Waals surface area (Å²) in [7, 11) is 0. The molecule has 0 heterocycles. The Labute approximate surface area is 157 Å². The first-order chi connectivity index (χ1) is 11.7. The van der Waals surface area contributed by atoms with Crippen LogP contribution in [-0.2, 0) is 28.7 Å². The molecule has 0 fully saturated rings. The van der Waals surface area contributed by atoms with Crippen LogP contribution in [0.25, 0.3) is 0 Å². The minimum atomic E-state index is -1.64. The number of hydrogen-bond acceptors (Lipinski definition) is 8. The number of carbonyl (C=O) groups excluding carboxylic acids is 4. The van der Waals surface area contributed by atoms with E-state index in [1.165, 1.54) is 0 Å². The number of hydrazine groups is 2. The Bertz CT molecular complexity index is 481. The number of ether oxygens (including phenoxy) is 2. The van der Waals surface area contributed by atoms with Gasteiger partial charge in [0.15, 0.2) is 0 Å². The van der Waals surface area contributed by atoms with Gasteiger partial charge in [-0.15, -0.1) is 0 Å². The van der Waals surface area contributed by atoms with E-state index >= 15 is 0 Å². The second-order valence-corrected chi connectivity index (χ2v) is 7.73. The molecule has 26 heavy (non-hydrogen) atoms. The normalized spacial score (nSPS) is 11.7. The van der Waals surface area contributed by atoms with Gasteiger partial charge in [0.05, 0.1) is 0 Å². The molecule has 0 unspecified atom stereocenters. The van der Waals surface area contributed by atoms with Gasteiger partial charge in [-0.25, -0.2) is 10.9 Å². The molecule has 0 aliphatic carbocycles. The van der Waals surface area contributed by atoms with Gasteiger partial charge in [0.25, 0.3) is 0 Å². The maximum atomic E-state index is 11.6. The summed E-state index contributed by atoms with van der Waals surface area (Å²) in [6, 6.07) is 0. The fraction of sp³-hybridized carbons (Fsp3) is 0.733. The summed E-state index contributed by atoms with van der Waals surface area (Å²) in [5.74, 6) is -3.97. The quantitative estimate of drug-likeness (QED) is 0.194. The Balaban J connectivity index is 4.01. The molecule has 0 aliphatic rings. The maximum absolute atomic E-state index is 11.6. The molecule has 0 radical (unpaired) electrons. The molecule has 0 bridgehead atoms. The van der Waals surface area contributed by atoms with E-state index < -0.39 is 28.5 Å². The van der Waals surface area contributed by atoms with Gasteiger partial charge >= 0.3 is 17.7 Å². The number of rotatable bonds is 8. The van der Waals surface area contributed by atoms with E-state index in [4.69, 9.17) is 11.6 Å². The Morgan fingerprint density at radius 3 is 1.35 bits per heavy atom. The zero-order valence-corrected chi connectivity index (χ0v) is 16.6. The lowest BCUT2D eigenvalue weighted by Gasteiger charge is -2.18.